The summed E-state index contributed by atoms with van der Waals surface area (Å²) in [4.78, 5) is 19.9. The van der Waals surface area contributed by atoms with Crippen LogP contribution in [-0.2, 0) is 24.2 Å². The molecule has 0 radical (unpaired) electrons. The predicted octanol–water partition coefficient (Wildman–Crippen LogP) is 2.46. The second-order valence-electron chi connectivity index (χ2n) is 5.93. The maximum Gasteiger partial charge on any atom is 0.320 e. The number of nitrogens with zero attached hydrogens (tertiary/aromatic N) is 2. The van der Waals surface area contributed by atoms with Crippen molar-refractivity contribution in [3.63, 3.8) is 0 Å². The molecule has 2 aromatic rings. The van der Waals surface area contributed by atoms with Crippen molar-refractivity contribution >= 4 is 5.97 Å². The minimum Gasteiger partial charge on any atom is -0.480 e. The molecular weight excluding hydrogens is 290 g/mol. The molecule has 0 amide bonds. The van der Waals surface area contributed by atoms with Gasteiger partial charge in [-0.05, 0) is 17.9 Å². The summed E-state index contributed by atoms with van der Waals surface area (Å²) in [5.74, 6) is -0.00443. The van der Waals surface area contributed by atoms with Crippen LogP contribution < -0.4 is 5.32 Å². The van der Waals surface area contributed by atoms with Gasteiger partial charge in [0.15, 0.2) is 0 Å². The van der Waals surface area contributed by atoms with Crippen LogP contribution in [0.4, 0.5) is 0 Å². The molecule has 1 aromatic heterocycles. The summed E-state index contributed by atoms with van der Waals surface area (Å²) < 4.78 is 0. The number of aryl methyl sites for hydroxylation is 2. The highest BCUT2D eigenvalue weighted by Crippen LogP contribution is 2.06. The highest BCUT2D eigenvalue weighted by atomic mass is 16.4. The van der Waals surface area contributed by atoms with E-state index in [1.165, 1.54) is 5.56 Å². The van der Waals surface area contributed by atoms with Crippen molar-refractivity contribution in [2.24, 2.45) is 5.92 Å². The normalized spacial score (nSPS) is 12.3. The third kappa shape index (κ3) is 5.45. The first kappa shape index (κ1) is 17.1. The van der Waals surface area contributed by atoms with Gasteiger partial charge >= 0.3 is 5.97 Å². The van der Waals surface area contributed by atoms with Crippen molar-refractivity contribution < 1.29 is 9.90 Å². The van der Waals surface area contributed by atoms with Crippen LogP contribution in [-0.4, -0.2) is 27.1 Å². The van der Waals surface area contributed by atoms with E-state index in [0.29, 0.717) is 6.54 Å². The lowest BCUT2D eigenvalue weighted by atomic mass is 10.0. The van der Waals surface area contributed by atoms with Crippen LogP contribution in [0.25, 0.3) is 0 Å². The van der Waals surface area contributed by atoms with E-state index < -0.39 is 12.0 Å². The summed E-state index contributed by atoms with van der Waals surface area (Å²) >= 11 is 0. The number of hydrogen-bond donors (Lipinski definition) is 2. The van der Waals surface area contributed by atoms with Crippen LogP contribution in [0.1, 0.15) is 30.8 Å². The monoisotopic (exact) mass is 313 g/mol. The predicted molar refractivity (Wildman–Crippen MR) is 89.0 cm³/mol. The Bertz CT molecular complexity index is 612. The average Bonchev–Trinajstić information content (AvgIpc) is 2.54. The number of aromatic nitrogens is 2. The lowest BCUT2D eigenvalue weighted by Gasteiger charge is -2.17. The molecule has 0 spiro atoms. The van der Waals surface area contributed by atoms with Gasteiger partial charge in [-0.1, -0.05) is 44.2 Å². The molecule has 5 heteroatoms. The molecule has 122 valence electrons. The van der Waals surface area contributed by atoms with E-state index in [-0.39, 0.29) is 5.92 Å². The second-order valence-corrected chi connectivity index (χ2v) is 5.93. The van der Waals surface area contributed by atoms with Crippen molar-refractivity contribution in [1.29, 1.82) is 0 Å². The minimum absolute atomic E-state index is 0.0264. The van der Waals surface area contributed by atoms with Gasteiger partial charge in [-0.15, -0.1) is 0 Å². The van der Waals surface area contributed by atoms with Gasteiger partial charge < -0.3 is 5.11 Å². The fourth-order valence-corrected chi connectivity index (χ4v) is 2.34. The minimum atomic E-state index is -0.833. The molecular formula is C18H23N3O2. The summed E-state index contributed by atoms with van der Waals surface area (Å²) in [5, 5.41) is 12.2. The highest BCUT2D eigenvalue weighted by Gasteiger charge is 2.20. The van der Waals surface area contributed by atoms with Crippen molar-refractivity contribution in [2.45, 2.75) is 39.3 Å². The quantitative estimate of drug-likeness (QED) is 0.783. The number of carboxylic acid groups (broad SMARTS) is 1. The zero-order chi connectivity index (χ0) is 16.7. The molecule has 2 rings (SSSR count). The van der Waals surface area contributed by atoms with Gasteiger partial charge in [-0.3, -0.25) is 10.1 Å². The van der Waals surface area contributed by atoms with Gasteiger partial charge in [0.25, 0.3) is 0 Å². The average molecular weight is 313 g/mol. The zero-order valence-electron chi connectivity index (χ0n) is 13.6. The van der Waals surface area contributed by atoms with E-state index in [2.05, 4.69) is 27.4 Å². The standard InChI is InChI=1S/C18H23N3O2/c1-13(2)17(18(22)23)21-12-15-10-19-16(20-11-15)9-8-14-6-4-3-5-7-14/h3-7,10-11,13,17,21H,8-9,12H2,1-2H3,(H,22,23)/t17-/m0/s1. The summed E-state index contributed by atoms with van der Waals surface area (Å²) in [6.45, 7) is 4.22. The van der Waals surface area contributed by atoms with E-state index in [4.69, 9.17) is 5.11 Å². The molecule has 0 fully saturated rings. The Hall–Kier alpha value is -2.27. The summed E-state index contributed by atoms with van der Waals surface area (Å²) in [7, 11) is 0. The molecule has 0 aliphatic rings. The molecule has 0 saturated heterocycles. The number of hydrogen-bond acceptors (Lipinski definition) is 4. The first-order valence-corrected chi connectivity index (χ1v) is 7.86. The van der Waals surface area contributed by atoms with E-state index in [9.17, 15) is 4.79 Å². The van der Waals surface area contributed by atoms with Crippen molar-refractivity contribution in [3.8, 4) is 0 Å². The van der Waals surface area contributed by atoms with Gasteiger partial charge in [0, 0.05) is 30.9 Å². The Labute approximate surface area is 136 Å². The smallest absolute Gasteiger partial charge is 0.320 e. The van der Waals surface area contributed by atoms with Crippen molar-refractivity contribution in [3.05, 3.63) is 59.7 Å². The first-order valence-electron chi connectivity index (χ1n) is 7.86. The maximum atomic E-state index is 11.1. The molecule has 1 heterocycles. The van der Waals surface area contributed by atoms with Gasteiger partial charge in [0.05, 0.1) is 0 Å². The molecule has 0 aliphatic carbocycles. The Morgan fingerprint density at radius 2 is 1.74 bits per heavy atom. The third-order valence-corrected chi connectivity index (χ3v) is 3.70. The van der Waals surface area contributed by atoms with Crippen molar-refractivity contribution in [2.75, 3.05) is 0 Å². The van der Waals surface area contributed by atoms with Crippen LogP contribution in [0.15, 0.2) is 42.7 Å². The van der Waals surface area contributed by atoms with Gasteiger partial charge in [-0.25, -0.2) is 9.97 Å². The number of nitrogens with one attached hydrogen (secondary N) is 1. The summed E-state index contributed by atoms with van der Waals surface area (Å²) in [6.07, 6.45) is 5.23. The third-order valence-electron chi connectivity index (χ3n) is 3.70. The van der Waals surface area contributed by atoms with E-state index in [0.717, 1.165) is 24.2 Å². The Morgan fingerprint density at radius 3 is 2.30 bits per heavy atom. The Morgan fingerprint density at radius 1 is 1.09 bits per heavy atom. The molecule has 1 aromatic carbocycles. The fraction of sp³-hybridized carbons (Fsp3) is 0.389. The molecule has 1 atom stereocenters. The molecule has 0 aliphatic heterocycles. The van der Waals surface area contributed by atoms with Gasteiger partial charge in [0.1, 0.15) is 11.9 Å². The molecule has 0 bridgehead atoms. The van der Waals surface area contributed by atoms with Crippen LogP contribution >= 0.6 is 0 Å². The van der Waals surface area contributed by atoms with Crippen LogP contribution in [0.3, 0.4) is 0 Å². The number of carbonyl (C=O) groups is 1. The summed E-state index contributed by atoms with van der Waals surface area (Å²) in [5.41, 5.74) is 2.16. The second kappa shape index (κ2) is 8.39. The van der Waals surface area contributed by atoms with E-state index in [1.54, 1.807) is 12.4 Å². The fourth-order valence-electron chi connectivity index (χ4n) is 2.34. The largest absolute Gasteiger partial charge is 0.480 e. The first-order chi connectivity index (χ1) is 11.1. The van der Waals surface area contributed by atoms with Gasteiger partial charge in [0.2, 0.25) is 0 Å². The number of benzene rings is 1. The number of carboxylic acids is 1. The number of rotatable bonds is 8. The molecule has 23 heavy (non-hydrogen) atoms. The van der Waals surface area contributed by atoms with E-state index >= 15 is 0 Å². The Kier molecular flexibility index (Phi) is 6.23. The van der Waals surface area contributed by atoms with E-state index in [1.807, 2.05) is 32.0 Å². The SMILES string of the molecule is CC(C)[C@H](NCc1cnc(CCc2ccccc2)nc1)C(=O)O. The zero-order valence-corrected chi connectivity index (χ0v) is 13.6. The van der Waals surface area contributed by atoms with Crippen molar-refractivity contribution in [1.82, 2.24) is 15.3 Å². The summed E-state index contributed by atoms with van der Waals surface area (Å²) in [6, 6.07) is 9.68. The highest BCUT2D eigenvalue weighted by molar-refractivity contribution is 5.73. The lowest BCUT2D eigenvalue weighted by molar-refractivity contribution is -0.140. The lowest BCUT2D eigenvalue weighted by Crippen LogP contribution is -2.40. The molecule has 0 unspecified atom stereocenters. The topological polar surface area (TPSA) is 75.1 Å². The molecule has 0 saturated carbocycles. The van der Waals surface area contributed by atoms with Crippen LogP contribution in [0.5, 0.6) is 0 Å². The Balaban J connectivity index is 1.85. The maximum absolute atomic E-state index is 11.1. The van der Waals surface area contributed by atoms with Crippen LogP contribution in [0.2, 0.25) is 0 Å². The molecule has 5 nitrogen and oxygen atoms in total. The molecule has 2 N–H and O–H groups in total. The van der Waals surface area contributed by atoms with Gasteiger partial charge in [-0.2, -0.15) is 0 Å². The number of aliphatic carboxylic acids is 1. The van der Waals surface area contributed by atoms with Crippen LogP contribution in [0, 0.1) is 5.92 Å².